The summed E-state index contributed by atoms with van der Waals surface area (Å²) in [4.78, 5) is 12.9. The van der Waals surface area contributed by atoms with Gasteiger partial charge in [-0.1, -0.05) is 46.9 Å². The molecule has 0 saturated heterocycles. The fourth-order valence-electron chi connectivity index (χ4n) is 3.58. The van der Waals surface area contributed by atoms with Crippen molar-refractivity contribution in [2.75, 3.05) is 6.73 Å². The Morgan fingerprint density at radius 1 is 1.09 bits per heavy atom. The molecule has 0 bridgehead atoms. The van der Waals surface area contributed by atoms with E-state index in [9.17, 15) is 18.0 Å². The average molecular weight is 521 g/mol. The molecule has 0 radical (unpaired) electrons. The average Bonchev–Trinajstić information content (AvgIpc) is 3.10. The number of aryl methyl sites for hydroxylation is 1. The quantitative estimate of drug-likeness (QED) is 0.183. The summed E-state index contributed by atoms with van der Waals surface area (Å²) in [5.74, 6) is -0.774. The van der Waals surface area contributed by atoms with Gasteiger partial charge in [-0.25, -0.2) is 0 Å². The van der Waals surface area contributed by atoms with Gasteiger partial charge in [0.2, 0.25) is 0 Å². The van der Waals surface area contributed by atoms with Gasteiger partial charge in [0.05, 0.1) is 33.0 Å². The largest absolute Gasteiger partial charge is 0.417 e. The molecule has 2 aromatic rings. The number of ether oxygens (including phenoxy) is 1. The van der Waals surface area contributed by atoms with E-state index in [-0.39, 0.29) is 37.8 Å². The van der Waals surface area contributed by atoms with Crippen molar-refractivity contribution in [2.24, 2.45) is 0 Å². The van der Waals surface area contributed by atoms with E-state index in [1.807, 2.05) is 20.8 Å². The van der Waals surface area contributed by atoms with E-state index in [0.29, 0.717) is 12.8 Å². The molecular weight excluding hydrogens is 498 g/mol. The van der Waals surface area contributed by atoms with Crippen molar-refractivity contribution < 1.29 is 22.7 Å². The lowest BCUT2D eigenvalue weighted by molar-refractivity contribution is -0.0689. The summed E-state index contributed by atoms with van der Waals surface area (Å²) in [7, 11) is 0. The molecule has 1 aliphatic carbocycles. The van der Waals surface area contributed by atoms with Crippen molar-refractivity contribution >= 4 is 46.2 Å². The number of alkyl halides is 3. The number of hydrogen-bond donors (Lipinski definition) is 1. The monoisotopic (exact) mass is 519 g/mol. The first kappa shape index (κ1) is 26.0. The molecule has 3 rings (SSSR count). The van der Waals surface area contributed by atoms with Gasteiger partial charge in [0.15, 0.2) is 5.78 Å². The SMILES string of the molecule is CC(C)(C)OCNC1CCc2ccc(C(=O)C=C(c3cc(Cl)c(Cl)c(Cl)c3)C(F)(F)F)cc21. The lowest BCUT2D eigenvalue weighted by atomic mass is 9.98. The van der Waals surface area contributed by atoms with Crippen LogP contribution in [0, 0.1) is 0 Å². The number of allylic oxidation sites excluding steroid dienone is 2. The van der Waals surface area contributed by atoms with Crippen LogP contribution < -0.4 is 5.32 Å². The van der Waals surface area contributed by atoms with Gasteiger partial charge in [0.25, 0.3) is 0 Å². The van der Waals surface area contributed by atoms with Crippen molar-refractivity contribution in [2.45, 2.75) is 51.4 Å². The molecule has 0 fully saturated rings. The maximum atomic E-state index is 13.8. The summed E-state index contributed by atoms with van der Waals surface area (Å²) in [6, 6.07) is 7.01. The first-order valence-electron chi connectivity index (χ1n) is 10.2. The van der Waals surface area contributed by atoms with Crippen LogP contribution in [0.1, 0.15) is 60.3 Å². The highest BCUT2D eigenvalue weighted by molar-refractivity contribution is 6.48. The third-order valence-electron chi connectivity index (χ3n) is 5.22. The fraction of sp³-hybridized carbons (Fsp3) is 0.375. The molecule has 1 atom stereocenters. The van der Waals surface area contributed by atoms with E-state index in [1.165, 1.54) is 0 Å². The third-order valence-corrected chi connectivity index (χ3v) is 6.42. The Balaban J connectivity index is 1.90. The lowest BCUT2D eigenvalue weighted by Gasteiger charge is -2.22. The molecule has 0 saturated carbocycles. The lowest BCUT2D eigenvalue weighted by Crippen LogP contribution is -2.29. The predicted octanol–water partition coefficient (Wildman–Crippen LogP) is 7.82. The van der Waals surface area contributed by atoms with Crippen molar-refractivity contribution in [1.29, 1.82) is 0 Å². The summed E-state index contributed by atoms with van der Waals surface area (Å²) in [5.41, 5.74) is 0.302. The van der Waals surface area contributed by atoms with E-state index < -0.39 is 17.5 Å². The number of rotatable bonds is 6. The van der Waals surface area contributed by atoms with Gasteiger partial charge >= 0.3 is 6.18 Å². The molecule has 3 nitrogen and oxygen atoms in total. The summed E-state index contributed by atoms with van der Waals surface area (Å²) in [6.07, 6.45) is -2.62. The first-order chi connectivity index (χ1) is 15.3. The van der Waals surface area contributed by atoms with Gasteiger partial charge in [0.1, 0.15) is 0 Å². The number of carbonyl (C=O) groups is 1. The van der Waals surface area contributed by atoms with Gasteiger partial charge in [-0.2, -0.15) is 13.2 Å². The Morgan fingerprint density at radius 2 is 1.73 bits per heavy atom. The molecule has 0 spiro atoms. The molecule has 0 aliphatic heterocycles. The molecule has 9 heteroatoms. The molecular formula is C24H23Cl3F3NO2. The molecule has 178 valence electrons. The Labute approximate surface area is 205 Å². The maximum Gasteiger partial charge on any atom is 0.417 e. The van der Waals surface area contributed by atoms with Crippen LogP contribution in [0.4, 0.5) is 13.2 Å². The van der Waals surface area contributed by atoms with E-state index in [4.69, 9.17) is 39.5 Å². The predicted molar refractivity (Wildman–Crippen MR) is 126 cm³/mol. The number of halogens is 6. The number of nitrogens with one attached hydrogen (secondary N) is 1. The van der Waals surface area contributed by atoms with Gasteiger partial charge in [-0.15, -0.1) is 0 Å². The highest BCUT2D eigenvalue weighted by Gasteiger charge is 2.36. The van der Waals surface area contributed by atoms with Crippen molar-refractivity contribution in [1.82, 2.24) is 5.32 Å². The molecule has 33 heavy (non-hydrogen) atoms. The zero-order valence-corrected chi connectivity index (χ0v) is 20.5. The van der Waals surface area contributed by atoms with Crippen LogP contribution in [0.25, 0.3) is 5.57 Å². The number of benzene rings is 2. The van der Waals surface area contributed by atoms with Gasteiger partial charge < -0.3 is 4.74 Å². The highest BCUT2D eigenvalue weighted by Crippen LogP contribution is 2.40. The molecule has 0 aromatic heterocycles. The molecule has 0 amide bonds. The highest BCUT2D eigenvalue weighted by atomic mass is 35.5. The van der Waals surface area contributed by atoms with Crippen LogP contribution in [-0.2, 0) is 11.2 Å². The minimum Gasteiger partial charge on any atom is -0.361 e. The molecule has 1 unspecified atom stereocenters. The second kappa shape index (κ2) is 9.96. The standard InChI is InChI=1S/C24H23Cl3F3NO2/c1-23(2,3)33-12-31-20-7-6-13-4-5-14(8-16(13)20)21(32)11-17(24(28,29)30)15-9-18(25)22(27)19(26)10-15/h4-5,8-11,20,31H,6-7,12H2,1-3H3. The van der Waals surface area contributed by atoms with Crippen molar-refractivity contribution in [3.8, 4) is 0 Å². The summed E-state index contributed by atoms with van der Waals surface area (Å²) >= 11 is 17.7. The summed E-state index contributed by atoms with van der Waals surface area (Å²) in [5, 5.41) is 2.98. The van der Waals surface area contributed by atoms with Gasteiger partial charge in [-0.3, -0.25) is 10.1 Å². The Bertz CT molecular complexity index is 1070. The Morgan fingerprint density at radius 3 is 2.30 bits per heavy atom. The second-order valence-corrected chi connectivity index (χ2v) is 9.98. The topological polar surface area (TPSA) is 38.3 Å². The summed E-state index contributed by atoms with van der Waals surface area (Å²) in [6.45, 7) is 6.15. The van der Waals surface area contributed by atoms with Crippen LogP contribution in [0.2, 0.25) is 15.1 Å². The van der Waals surface area contributed by atoms with Crippen LogP contribution in [-0.4, -0.2) is 24.3 Å². The molecule has 2 aromatic carbocycles. The number of hydrogen-bond acceptors (Lipinski definition) is 3. The Hall–Kier alpha value is -1.57. The zero-order chi connectivity index (χ0) is 24.6. The first-order valence-corrected chi connectivity index (χ1v) is 11.4. The van der Waals surface area contributed by atoms with Gasteiger partial charge in [-0.05, 0) is 74.6 Å². The molecule has 1 aliphatic rings. The zero-order valence-electron chi connectivity index (χ0n) is 18.2. The van der Waals surface area contributed by atoms with E-state index in [2.05, 4.69) is 5.32 Å². The maximum absolute atomic E-state index is 13.8. The normalized spacial score (nSPS) is 16.8. The van der Waals surface area contributed by atoms with E-state index in [0.717, 1.165) is 36.1 Å². The summed E-state index contributed by atoms with van der Waals surface area (Å²) < 4.78 is 47.1. The van der Waals surface area contributed by atoms with Crippen LogP contribution in [0.5, 0.6) is 0 Å². The molecule has 0 heterocycles. The smallest absolute Gasteiger partial charge is 0.361 e. The fourth-order valence-corrected chi connectivity index (χ4v) is 4.18. The van der Waals surface area contributed by atoms with Crippen LogP contribution in [0.3, 0.4) is 0 Å². The van der Waals surface area contributed by atoms with Crippen molar-refractivity contribution in [3.63, 3.8) is 0 Å². The van der Waals surface area contributed by atoms with Gasteiger partial charge in [0, 0.05) is 11.6 Å². The van der Waals surface area contributed by atoms with E-state index in [1.54, 1.807) is 18.2 Å². The second-order valence-electron chi connectivity index (χ2n) is 8.78. The number of carbonyl (C=O) groups excluding carboxylic acids is 1. The number of fused-ring (bicyclic) bond motifs is 1. The number of ketones is 1. The van der Waals surface area contributed by atoms with Crippen molar-refractivity contribution in [3.05, 3.63) is 73.7 Å². The van der Waals surface area contributed by atoms with Crippen LogP contribution >= 0.6 is 34.8 Å². The Kier molecular flexibility index (Phi) is 7.86. The molecule has 1 N–H and O–H groups in total. The van der Waals surface area contributed by atoms with E-state index >= 15 is 0 Å². The minimum absolute atomic E-state index is 0.0463. The minimum atomic E-state index is -4.80. The third kappa shape index (κ3) is 6.52. The van der Waals surface area contributed by atoms with Crippen LogP contribution in [0.15, 0.2) is 36.4 Å².